The molecule has 2 atom stereocenters. The Morgan fingerprint density at radius 3 is 2.64 bits per heavy atom. The molecule has 1 amide bonds. The molecule has 10 heteroatoms. The average Bonchev–Trinajstić information content (AvgIpc) is 3.37. The van der Waals surface area contributed by atoms with Crippen LogP contribution in [-0.2, 0) is 16.0 Å². The van der Waals surface area contributed by atoms with Gasteiger partial charge in [-0.05, 0) is 61.4 Å². The van der Waals surface area contributed by atoms with Crippen LogP contribution < -0.4 is 20.3 Å². The van der Waals surface area contributed by atoms with Crippen molar-refractivity contribution < 1.29 is 24.1 Å². The average molecular weight is 613 g/mol. The second kappa shape index (κ2) is 15.1. The first-order valence-corrected chi connectivity index (χ1v) is 14.6. The predicted molar refractivity (Wildman–Crippen MR) is 165 cm³/mol. The van der Waals surface area contributed by atoms with Crippen LogP contribution >= 0.6 is 23.2 Å². The number of carbonyl (C=O) groups excluding carboxylic acids is 1. The fraction of sp³-hybridized carbons (Fsp3) is 0.312. The van der Waals surface area contributed by atoms with Gasteiger partial charge in [0.2, 0.25) is 5.90 Å². The van der Waals surface area contributed by atoms with Crippen molar-refractivity contribution in [2.24, 2.45) is 4.99 Å². The van der Waals surface area contributed by atoms with Crippen molar-refractivity contribution >= 4 is 35.0 Å². The number of ether oxygens (including phenoxy) is 3. The minimum Gasteiger partial charge on any atom is -0.494 e. The highest BCUT2D eigenvalue weighted by molar-refractivity contribution is 6.35. The van der Waals surface area contributed by atoms with Gasteiger partial charge in [-0.3, -0.25) is 10.2 Å². The zero-order chi connectivity index (χ0) is 30.0. The molecule has 3 N–H and O–H groups in total. The second-order valence-corrected chi connectivity index (χ2v) is 10.5. The van der Waals surface area contributed by atoms with Crippen LogP contribution in [0.3, 0.4) is 0 Å². The minimum atomic E-state index is -1.40. The molecule has 0 unspecified atom stereocenters. The van der Waals surface area contributed by atoms with Crippen molar-refractivity contribution in [1.82, 2.24) is 10.9 Å². The predicted octanol–water partition coefficient (Wildman–Crippen LogP) is 5.85. The summed E-state index contributed by atoms with van der Waals surface area (Å²) in [6.07, 6.45) is 2.14. The first-order chi connectivity index (χ1) is 20.4. The fourth-order valence-electron chi connectivity index (χ4n) is 4.68. The van der Waals surface area contributed by atoms with Crippen molar-refractivity contribution in [3.63, 3.8) is 0 Å². The SMILES string of the molecule is C=CC[C@]1(C(=O)NNCCc2ccccc2OCC)N=C(c2ccc(OCCCO)cc2)O[C@H]1c1ccc(Cl)cc1Cl. The highest BCUT2D eigenvalue weighted by atomic mass is 35.5. The maximum Gasteiger partial charge on any atom is 0.266 e. The summed E-state index contributed by atoms with van der Waals surface area (Å²) >= 11 is 12.8. The molecule has 222 valence electrons. The van der Waals surface area contributed by atoms with Crippen LogP contribution in [0.25, 0.3) is 0 Å². The van der Waals surface area contributed by atoms with Gasteiger partial charge in [-0.25, -0.2) is 10.4 Å². The lowest BCUT2D eigenvalue weighted by atomic mass is 9.84. The van der Waals surface area contributed by atoms with E-state index in [9.17, 15) is 4.79 Å². The van der Waals surface area contributed by atoms with Crippen LogP contribution in [-0.4, -0.2) is 48.8 Å². The smallest absolute Gasteiger partial charge is 0.266 e. The summed E-state index contributed by atoms with van der Waals surface area (Å²) in [5.74, 6) is 1.36. The van der Waals surface area contributed by atoms with E-state index in [-0.39, 0.29) is 18.9 Å². The molecule has 0 radical (unpaired) electrons. The van der Waals surface area contributed by atoms with Crippen LogP contribution in [0.5, 0.6) is 11.5 Å². The highest BCUT2D eigenvalue weighted by Crippen LogP contribution is 2.45. The van der Waals surface area contributed by atoms with E-state index in [1.807, 2.05) is 43.3 Å². The molecule has 0 saturated carbocycles. The van der Waals surface area contributed by atoms with Gasteiger partial charge >= 0.3 is 0 Å². The number of hydrogen-bond acceptors (Lipinski definition) is 7. The van der Waals surface area contributed by atoms with Gasteiger partial charge in [-0.15, -0.1) is 6.58 Å². The second-order valence-electron chi connectivity index (χ2n) is 9.62. The number of nitrogens with one attached hydrogen (secondary N) is 2. The number of halogens is 2. The lowest BCUT2D eigenvalue weighted by molar-refractivity contribution is -0.129. The molecule has 0 spiro atoms. The lowest BCUT2D eigenvalue weighted by Crippen LogP contribution is -2.52. The van der Waals surface area contributed by atoms with Gasteiger partial charge in [-0.2, -0.15) is 0 Å². The number of rotatable bonds is 15. The number of aliphatic hydroxyl groups excluding tert-OH is 1. The minimum absolute atomic E-state index is 0.0558. The molecule has 3 aromatic carbocycles. The van der Waals surface area contributed by atoms with Gasteiger partial charge in [0.05, 0.1) is 13.2 Å². The molecule has 4 rings (SSSR count). The summed E-state index contributed by atoms with van der Waals surface area (Å²) in [4.78, 5) is 18.8. The Bertz CT molecular complexity index is 1400. The van der Waals surface area contributed by atoms with Crippen molar-refractivity contribution in [2.75, 3.05) is 26.4 Å². The van der Waals surface area contributed by atoms with E-state index in [1.54, 1.807) is 36.4 Å². The van der Waals surface area contributed by atoms with Gasteiger partial charge in [-0.1, -0.05) is 53.5 Å². The first kappa shape index (κ1) is 31.4. The van der Waals surface area contributed by atoms with Crippen LogP contribution in [0.4, 0.5) is 0 Å². The van der Waals surface area contributed by atoms with E-state index >= 15 is 0 Å². The number of hydrazine groups is 1. The Balaban J connectivity index is 1.58. The Morgan fingerprint density at radius 2 is 1.93 bits per heavy atom. The van der Waals surface area contributed by atoms with Crippen LogP contribution in [0.1, 0.15) is 42.6 Å². The van der Waals surface area contributed by atoms with E-state index in [0.29, 0.717) is 59.5 Å². The zero-order valence-corrected chi connectivity index (χ0v) is 25.0. The van der Waals surface area contributed by atoms with E-state index in [4.69, 9.17) is 47.5 Å². The third-order valence-corrected chi connectivity index (χ3v) is 7.29. The normalized spacial score (nSPS) is 17.7. The number of aliphatic imine (C=N–C) groups is 1. The van der Waals surface area contributed by atoms with E-state index in [0.717, 1.165) is 11.3 Å². The van der Waals surface area contributed by atoms with Crippen LogP contribution in [0.2, 0.25) is 10.0 Å². The van der Waals surface area contributed by atoms with Gasteiger partial charge in [0, 0.05) is 47.2 Å². The number of aliphatic hydroxyl groups is 1. The number of amides is 1. The summed E-state index contributed by atoms with van der Waals surface area (Å²) in [7, 11) is 0. The number of benzene rings is 3. The number of carbonyl (C=O) groups is 1. The monoisotopic (exact) mass is 611 g/mol. The zero-order valence-electron chi connectivity index (χ0n) is 23.4. The quantitative estimate of drug-likeness (QED) is 0.113. The largest absolute Gasteiger partial charge is 0.494 e. The Labute approximate surface area is 256 Å². The molecule has 0 aliphatic carbocycles. The van der Waals surface area contributed by atoms with E-state index in [2.05, 4.69) is 17.4 Å². The molecular formula is C32H35Cl2N3O5. The maximum atomic E-state index is 13.9. The Morgan fingerprint density at radius 1 is 1.14 bits per heavy atom. The molecule has 0 aromatic heterocycles. The standard InChI is InChI=1S/C32H35Cl2N3O5/c1-3-17-32(31(39)37-35-18-16-22-8-5-6-9-28(22)40-4-2)29(26-15-12-24(33)21-27(26)34)42-30(36-32)23-10-13-25(14-11-23)41-20-7-19-38/h3,5-6,8-15,21,29,35,38H,1,4,7,16-20H2,2H3,(H,37,39)/t29-,32-/m0/s1. The van der Waals surface area contributed by atoms with Crippen LogP contribution in [0, 0.1) is 0 Å². The summed E-state index contributed by atoms with van der Waals surface area (Å²) in [5.41, 5.74) is 6.75. The highest BCUT2D eigenvalue weighted by Gasteiger charge is 2.53. The van der Waals surface area contributed by atoms with Gasteiger partial charge in [0.1, 0.15) is 11.5 Å². The third-order valence-electron chi connectivity index (χ3n) is 6.72. The molecule has 0 saturated heterocycles. The summed E-state index contributed by atoms with van der Waals surface area (Å²) in [5, 5.41) is 9.82. The summed E-state index contributed by atoms with van der Waals surface area (Å²) < 4.78 is 17.8. The molecule has 0 fully saturated rings. The fourth-order valence-corrected chi connectivity index (χ4v) is 5.19. The molecule has 8 nitrogen and oxygen atoms in total. The van der Waals surface area contributed by atoms with Crippen molar-refractivity contribution in [3.8, 4) is 11.5 Å². The number of hydrogen-bond donors (Lipinski definition) is 3. The van der Waals surface area contributed by atoms with Crippen molar-refractivity contribution in [3.05, 3.63) is 106 Å². The summed E-state index contributed by atoms with van der Waals surface area (Å²) in [6.45, 7) is 7.32. The van der Waals surface area contributed by atoms with Crippen molar-refractivity contribution in [2.45, 2.75) is 37.8 Å². The summed E-state index contributed by atoms with van der Waals surface area (Å²) in [6, 6.07) is 20.1. The molecule has 0 bridgehead atoms. The third kappa shape index (κ3) is 7.44. The Hall–Kier alpha value is -3.56. The first-order valence-electron chi connectivity index (χ1n) is 13.8. The van der Waals surface area contributed by atoms with E-state index < -0.39 is 17.6 Å². The maximum absolute atomic E-state index is 13.9. The molecule has 1 aliphatic heterocycles. The number of nitrogens with zero attached hydrogens (tertiary/aromatic N) is 1. The van der Waals surface area contributed by atoms with Crippen molar-refractivity contribution in [1.29, 1.82) is 0 Å². The molecule has 1 aliphatic rings. The van der Waals surface area contributed by atoms with E-state index in [1.165, 1.54) is 0 Å². The molecule has 42 heavy (non-hydrogen) atoms. The van der Waals surface area contributed by atoms with Crippen LogP contribution in [0.15, 0.2) is 84.4 Å². The van der Waals surface area contributed by atoms with Gasteiger partial charge in [0.25, 0.3) is 5.91 Å². The Kier molecular flexibility index (Phi) is 11.3. The number of para-hydroxylation sites is 1. The topological polar surface area (TPSA) is 101 Å². The van der Waals surface area contributed by atoms with Gasteiger partial charge < -0.3 is 19.3 Å². The lowest BCUT2D eigenvalue weighted by Gasteiger charge is -2.30. The molecule has 3 aromatic rings. The molecular weight excluding hydrogens is 577 g/mol. The molecule has 1 heterocycles. The van der Waals surface area contributed by atoms with Gasteiger partial charge in [0.15, 0.2) is 11.6 Å².